The van der Waals surface area contributed by atoms with E-state index in [1.54, 1.807) is 53.2 Å². The number of hydrogen-bond donors (Lipinski definition) is 1. The van der Waals surface area contributed by atoms with E-state index in [2.05, 4.69) is 5.32 Å². The summed E-state index contributed by atoms with van der Waals surface area (Å²) in [6.07, 6.45) is 3.17. The zero-order valence-electron chi connectivity index (χ0n) is 16.6. The van der Waals surface area contributed by atoms with E-state index in [4.69, 9.17) is 23.8 Å². The number of anilines is 1. The van der Waals surface area contributed by atoms with Gasteiger partial charge in [0.05, 0.1) is 10.6 Å². The number of carbonyl (C=O) groups excluding carboxylic acids is 2. The molecule has 0 aliphatic carbocycles. The minimum Gasteiger partial charge on any atom is -0.317 e. The number of amides is 2. The molecular weight excluding hydrogens is 452 g/mol. The highest BCUT2D eigenvalue weighted by Crippen LogP contribution is 2.27. The van der Waals surface area contributed by atoms with Crippen LogP contribution in [0.25, 0.3) is 11.8 Å². The van der Waals surface area contributed by atoms with E-state index >= 15 is 0 Å². The largest absolute Gasteiger partial charge is 0.317 e. The molecule has 0 unspecified atom stereocenters. The molecule has 2 heterocycles. The number of benzene rings is 2. The maximum Gasteiger partial charge on any atom is 0.270 e. The minimum absolute atomic E-state index is 0.0384. The summed E-state index contributed by atoms with van der Waals surface area (Å²) in [6.45, 7) is 1.84. The van der Waals surface area contributed by atoms with Crippen LogP contribution in [0.4, 0.5) is 11.4 Å². The highest BCUT2D eigenvalue weighted by atomic mass is 35.5. The minimum atomic E-state index is -0.620. The molecule has 2 amide bonds. The summed E-state index contributed by atoms with van der Waals surface area (Å²) >= 11 is 11.4. The molecule has 1 aromatic heterocycles. The Balaban J connectivity index is 1.72. The molecule has 160 valence electrons. The molecule has 1 N–H and O–H groups in total. The fraction of sp³-hybridized carbons (Fsp3) is 0.0455. The molecule has 0 saturated carbocycles. The Morgan fingerprint density at radius 2 is 1.78 bits per heavy atom. The molecule has 1 aliphatic rings. The van der Waals surface area contributed by atoms with Gasteiger partial charge in [0.15, 0.2) is 5.11 Å². The van der Waals surface area contributed by atoms with Gasteiger partial charge in [-0.3, -0.25) is 29.9 Å². The number of nitro groups is 1. The molecule has 1 saturated heterocycles. The molecule has 1 aliphatic heterocycles. The van der Waals surface area contributed by atoms with E-state index < -0.39 is 16.7 Å². The smallest absolute Gasteiger partial charge is 0.270 e. The molecule has 0 radical (unpaired) electrons. The predicted molar refractivity (Wildman–Crippen MR) is 125 cm³/mol. The lowest BCUT2D eigenvalue weighted by Gasteiger charge is -2.29. The van der Waals surface area contributed by atoms with Crippen LogP contribution in [0.1, 0.15) is 11.3 Å². The Morgan fingerprint density at radius 1 is 1.09 bits per heavy atom. The van der Waals surface area contributed by atoms with Crippen molar-refractivity contribution in [2.24, 2.45) is 0 Å². The summed E-state index contributed by atoms with van der Waals surface area (Å²) in [6, 6.07) is 14.4. The van der Waals surface area contributed by atoms with Crippen LogP contribution >= 0.6 is 23.8 Å². The molecule has 1 fully saturated rings. The number of aryl methyl sites for hydroxylation is 1. The Morgan fingerprint density at radius 3 is 2.44 bits per heavy atom. The highest BCUT2D eigenvalue weighted by molar-refractivity contribution is 7.80. The Bertz CT molecular complexity index is 1310. The van der Waals surface area contributed by atoms with Crippen molar-refractivity contribution in [1.29, 1.82) is 0 Å². The molecule has 0 spiro atoms. The number of nitrogens with one attached hydrogen (secondary N) is 1. The van der Waals surface area contributed by atoms with Gasteiger partial charge in [-0.1, -0.05) is 17.7 Å². The fourth-order valence-corrected chi connectivity index (χ4v) is 3.70. The number of nitrogens with zero attached hydrogens (tertiary/aromatic N) is 3. The van der Waals surface area contributed by atoms with Gasteiger partial charge >= 0.3 is 0 Å². The van der Waals surface area contributed by atoms with E-state index in [0.717, 1.165) is 5.56 Å². The Hall–Kier alpha value is -3.82. The summed E-state index contributed by atoms with van der Waals surface area (Å²) in [5.74, 6) is -1.21. The number of non-ortho nitro benzene ring substituents is 1. The number of thiocarbonyl (C=S) groups is 1. The summed E-state index contributed by atoms with van der Waals surface area (Å²) in [4.78, 5) is 37.4. The summed E-state index contributed by atoms with van der Waals surface area (Å²) < 4.78 is 1.71. The Labute approximate surface area is 192 Å². The third-order valence-electron chi connectivity index (χ3n) is 4.93. The SMILES string of the molecule is Cc1ccc(N2C(=O)/C(=C/c3cccn3-c3ccc([N+](=O)[O-])cc3)C(=O)NC2=S)cc1Cl. The summed E-state index contributed by atoms with van der Waals surface area (Å²) in [5, 5.41) is 13.9. The third-order valence-corrected chi connectivity index (χ3v) is 5.62. The van der Waals surface area contributed by atoms with E-state index in [-0.39, 0.29) is 16.4 Å². The maximum atomic E-state index is 13.2. The third kappa shape index (κ3) is 3.91. The van der Waals surface area contributed by atoms with E-state index in [1.165, 1.54) is 23.1 Å². The van der Waals surface area contributed by atoms with Crippen LogP contribution in [0.2, 0.25) is 5.02 Å². The van der Waals surface area contributed by atoms with Gasteiger partial charge in [0.1, 0.15) is 5.57 Å². The Kier molecular flexibility index (Phi) is 5.60. The number of nitro benzene ring substituents is 1. The van der Waals surface area contributed by atoms with Gasteiger partial charge in [0.2, 0.25) is 0 Å². The van der Waals surface area contributed by atoms with Crippen LogP contribution in [0.15, 0.2) is 66.4 Å². The zero-order valence-corrected chi connectivity index (χ0v) is 18.2. The first-order chi connectivity index (χ1) is 15.3. The number of hydrogen-bond acceptors (Lipinski definition) is 5. The number of rotatable bonds is 4. The number of aromatic nitrogens is 1. The van der Waals surface area contributed by atoms with E-state index in [9.17, 15) is 19.7 Å². The van der Waals surface area contributed by atoms with Crippen molar-refractivity contribution < 1.29 is 14.5 Å². The second-order valence-corrected chi connectivity index (χ2v) is 7.76. The van der Waals surface area contributed by atoms with Crippen LogP contribution < -0.4 is 10.2 Å². The van der Waals surface area contributed by atoms with Gasteiger partial charge in [-0.05, 0) is 67.2 Å². The van der Waals surface area contributed by atoms with Crippen molar-refractivity contribution >= 4 is 58.2 Å². The quantitative estimate of drug-likeness (QED) is 0.204. The second kappa shape index (κ2) is 8.37. The lowest BCUT2D eigenvalue weighted by atomic mass is 10.1. The first-order valence-electron chi connectivity index (χ1n) is 9.36. The van der Waals surface area contributed by atoms with E-state index in [1.807, 2.05) is 6.92 Å². The lowest BCUT2D eigenvalue weighted by Crippen LogP contribution is -2.54. The number of carbonyl (C=O) groups is 2. The van der Waals surface area contributed by atoms with Gasteiger partial charge in [-0.15, -0.1) is 0 Å². The van der Waals surface area contributed by atoms with Gasteiger partial charge < -0.3 is 4.57 Å². The van der Waals surface area contributed by atoms with Crippen LogP contribution in [0.3, 0.4) is 0 Å². The highest BCUT2D eigenvalue weighted by Gasteiger charge is 2.34. The fourth-order valence-electron chi connectivity index (χ4n) is 3.24. The predicted octanol–water partition coefficient (Wildman–Crippen LogP) is 4.18. The monoisotopic (exact) mass is 466 g/mol. The number of halogens is 1. The standard InChI is InChI=1S/C22H15ClN4O4S/c1-13-4-5-17(12-19(13)23)26-21(29)18(20(28)24-22(26)32)11-16-3-2-10-25(16)14-6-8-15(9-7-14)27(30)31/h2-12H,1H3,(H,24,28,32)/b18-11+. The maximum absolute atomic E-state index is 13.2. The average molecular weight is 467 g/mol. The van der Waals surface area contributed by atoms with Crippen molar-refractivity contribution in [2.45, 2.75) is 6.92 Å². The van der Waals surface area contributed by atoms with Crippen molar-refractivity contribution in [3.05, 3.63) is 92.8 Å². The van der Waals surface area contributed by atoms with Crippen molar-refractivity contribution in [1.82, 2.24) is 9.88 Å². The summed E-state index contributed by atoms with van der Waals surface area (Å²) in [5.41, 5.74) is 2.29. The molecule has 8 nitrogen and oxygen atoms in total. The molecule has 2 aromatic carbocycles. The summed E-state index contributed by atoms with van der Waals surface area (Å²) in [7, 11) is 0. The van der Waals surface area contributed by atoms with Crippen LogP contribution in [-0.4, -0.2) is 26.4 Å². The molecular formula is C22H15ClN4O4S. The van der Waals surface area contributed by atoms with Crippen molar-refractivity contribution in [3.8, 4) is 5.69 Å². The second-order valence-electron chi connectivity index (χ2n) is 6.97. The zero-order chi connectivity index (χ0) is 23.0. The van der Waals surface area contributed by atoms with Gasteiger partial charge in [-0.25, -0.2) is 0 Å². The van der Waals surface area contributed by atoms with Crippen LogP contribution in [0, 0.1) is 17.0 Å². The molecule has 0 bridgehead atoms. The topological polar surface area (TPSA) is 97.5 Å². The van der Waals surface area contributed by atoms with Crippen molar-refractivity contribution in [2.75, 3.05) is 4.90 Å². The molecule has 32 heavy (non-hydrogen) atoms. The average Bonchev–Trinajstić information content (AvgIpc) is 3.22. The molecule has 0 atom stereocenters. The van der Waals surface area contributed by atoms with Gasteiger partial charge in [-0.2, -0.15) is 0 Å². The molecule has 3 aromatic rings. The van der Waals surface area contributed by atoms with E-state index in [0.29, 0.717) is 22.1 Å². The normalized spacial score (nSPS) is 15.2. The van der Waals surface area contributed by atoms with Crippen LogP contribution in [-0.2, 0) is 9.59 Å². The first kappa shape index (κ1) is 21.4. The molecule has 10 heteroatoms. The lowest BCUT2D eigenvalue weighted by molar-refractivity contribution is -0.384. The van der Waals surface area contributed by atoms with Crippen molar-refractivity contribution in [3.63, 3.8) is 0 Å². The van der Waals surface area contributed by atoms with Crippen LogP contribution in [0.5, 0.6) is 0 Å². The first-order valence-corrected chi connectivity index (χ1v) is 10.1. The van der Waals surface area contributed by atoms with Gasteiger partial charge in [0.25, 0.3) is 17.5 Å². The van der Waals surface area contributed by atoms with Gasteiger partial charge in [0, 0.05) is 34.7 Å². The molecule has 4 rings (SSSR count).